The van der Waals surface area contributed by atoms with Gasteiger partial charge in [0, 0.05) is 0 Å². The summed E-state index contributed by atoms with van der Waals surface area (Å²) in [6.45, 7) is 25.2. The lowest BCUT2D eigenvalue weighted by atomic mass is 9.97. The predicted octanol–water partition coefficient (Wildman–Crippen LogP) is 10.6. The molecular formula is C33H48. The highest BCUT2D eigenvalue weighted by molar-refractivity contribution is 5.68. The zero-order valence-electron chi connectivity index (χ0n) is 23.0. The lowest BCUT2D eigenvalue weighted by molar-refractivity contribution is 0.823. The smallest absolute Gasteiger partial charge is 0.0227 e. The standard InChI is InChI=1S/C20H28.C11H14.C2H6/c1-7-8-20(17(5)13-15(2)3)14-18(6)19-11-9-16(4)10-12-19;1-4-10-7-6-9(3)8-11(10)5-2;1-2/h8-15H,7H2,1-6H3;4,6-8H,1,5H2,2-3H3;1-2H3/b17-13-,18-14+,20-8-;;. The molecular weight excluding hydrogens is 396 g/mol. The molecule has 0 atom stereocenters. The van der Waals surface area contributed by atoms with E-state index < -0.39 is 0 Å². The van der Waals surface area contributed by atoms with Crippen LogP contribution in [0.15, 0.2) is 78.4 Å². The normalized spacial score (nSPS) is 11.9. The molecule has 0 bridgehead atoms. The lowest BCUT2D eigenvalue weighted by Gasteiger charge is -2.08. The summed E-state index contributed by atoms with van der Waals surface area (Å²) in [4.78, 5) is 0. The second-order valence-corrected chi connectivity index (χ2v) is 8.61. The first-order valence-electron chi connectivity index (χ1n) is 12.6. The maximum Gasteiger partial charge on any atom is -0.0227 e. The van der Waals surface area contributed by atoms with Crippen molar-refractivity contribution in [3.8, 4) is 0 Å². The second kappa shape index (κ2) is 17.0. The number of hydrogen-bond acceptors (Lipinski definition) is 0. The van der Waals surface area contributed by atoms with E-state index in [0.717, 1.165) is 12.8 Å². The monoisotopic (exact) mass is 444 g/mol. The minimum atomic E-state index is 0.586. The molecule has 0 heterocycles. The zero-order valence-corrected chi connectivity index (χ0v) is 23.0. The van der Waals surface area contributed by atoms with Crippen LogP contribution in [0.3, 0.4) is 0 Å². The summed E-state index contributed by atoms with van der Waals surface area (Å²) in [6, 6.07) is 15.2. The third-order valence-corrected chi connectivity index (χ3v) is 5.24. The van der Waals surface area contributed by atoms with E-state index >= 15 is 0 Å². The Kier molecular flexibility index (Phi) is 15.6. The molecule has 0 aromatic heterocycles. The summed E-state index contributed by atoms with van der Waals surface area (Å²) in [7, 11) is 0. The summed E-state index contributed by atoms with van der Waals surface area (Å²) in [5, 5.41) is 0. The SMILES string of the molecule is C=Cc1ccc(C)cc1CC.CC.CC/C=C(/C=C(\C)c1ccc(C)cc1)C(\C)=C/C(C)C. The van der Waals surface area contributed by atoms with Gasteiger partial charge in [0.2, 0.25) is 0 Å². The highest BCUT2D eigenvalue weighted by Gasteiger charge is 2.01. The van der Waals surface area contributed by atoms with Crippen molar-refractivity contribution >= 4 is 11.6 Å². The van der Waals surface area contributed by atoms with Gasteiger partial charge in [-0.25, -0.2) is 0 Å². The Morgan fingerprint density at radius 1 is 0.909 bits per heavy atom. The van der Waals surface area contributed by atoms with Crippen molar-refractivity contribution < 1.29 is 0 Å². The van der Waals surface area contributed by atoms with E-state index in [1.165, 1.54) is 44.5 Å². The summed E-state index contributed by atoms with van der Waals surface area (Å²) in [5.74, 6) is 0.586. The molecule has 0 unspecified atom stereocenters. The van der Waals surface area contributed by atoms with E-state index in [1.54, 1.807) is 0 Å². The molecule has 0 amide bonds. The van der Waals surface area contributed by atoms with Crippen LogP contribution in [-0.4, -0.2) is 0 Å². The molecule has 0 aliphatic rings. The molecule has 0 N–H and O–H groups in total. The van der Waals surface area contributed by atoms with Gasteiger partial charge in [-0.3, -0.25) is 0 Å². The predicted molar refractivity (Wildman–Crippen MR) is 154 cm³/mol. The van der Waals surface area contributed by atoms with E-state index in [4.69, 9.17) is 0 Å². The van der Waals surface area contributed by atoms with Crippen LogP contribution < -0.4 is 0 Å². The molecule has 0 spiro atoms. The lowest BCUT2D eigenvalue weighted by Crippen LogP contribution is -1.89. The fourth-order valence-electron chi connectivity index (χ4n) is 3.52. The Labute approximate surface area is 205 Å². The molecule has 0 radical (unpaired) electrons. The second-order valence-electron chi connectivity index (χ2n) is 8.61. The molecule has 0 heteroatoms. The first-order valence-corrected chi connectivity index (χ1v) is 12.6. The quantitative estimate of drug-likeness (QED) is 0.372. The number of aryl methyl sites for hydroxylation is 3. The molecule has 2 aromatic carbocycles. The summed E-state index contributed by atoms with van der Waals surface area (Å²) in [5.41, 5.74) is 10.6. The first-order chi connectivity index (χ1) is 15.7. The van der Waals surface area contributed by atoms with Gasteiger partial charge in [-0.15, -0.1) is 0 Å². The Balaban J connectivity index is 0.000000663. The Bertz CT molecular complexity index is 915. The molecule has 33 heavy (non-hydrogen) atoms. The van der Waals surface area contributed by atoms with Crippen molar-refractivity contribution in [1.82, 2.24) is 0 Å². The Hall–Kier alpha value is -2.60. The number of rotatable bonds is 7. The molecule has 2 rings (SSSR count). The van der Waals surface area contributed by atoms with Gasteiger partial charge < -0.3 is 0 Å². The van der Waals surface area contributed by atoms with E-state index in [1.807, 2.05) is 19.9 Å². The average Bonchev–Trinajstić information content (AvgIpc) is 2.80. The topological polar surface area (TPSA) is 0 Å². The average molecular weight is 445 g/mol. The van der Waals surface area contributed by atoms with Crippen LogP contribution in [0.2, 0.25) is 0 Å². The number of allylic oxidation sites excluding steroid dienone is 6. The van der Waals surface area contributed by atoms with E-state index in [9.17, 15) is 0 Å². The molecule has 0 fully saturated rings. The molecule has 2 aromatic rings. The van der Waals surface area contributed by atoms with Crippen LogP contribution in [0, 0.1) is 19.8 Å². The van der Waals surface area contributed by atoms with Gasteiger partial charge in [0.25, 0.3) is 0 Å². The van der Waals surface area contributed by atoms with Crippen LogP contribution in [-0.2, 0) is 6.42 Å². The van der Waals surface area contributed by atoms with Crippen LogP contribution >= 0.6 is 0 Å². The summed E-state index contributed by atoms with van der Waals surface area (Å²) in [6.07, 6.45) is 11.0. The van der Waals surface area contributed by atoms with Crippen LogP contribution in [0.5, 0.6) is 0 Å². The Morgan fingerprint density at radius 3 is 1.97 bits per heavy atom. The maximum atomic E-state index is 3.77. The van der Waals surface area contributed by atoms with Crippen molar-refractivity contribution in [2.75, 3.05) is 0 Å². The van der Waals surface area contributed by atoms with Crippen molar-refractivity contribution in [1.29, 1.82) is 0 Å². The van der Waals surface area contributed by atoms with Crippen molar-refractivity contribution in [2.24, 2.45) is 5.92 Å². The highest BCUT2D eigenvalue weighted by atomic mass is 14.1. The van der Waals surface area contributed by atoms with Crippen LogP contribution in [0.4, 0.5) is 0 Å². The first kappa shape index (κ1) is 30.4. The van der Waals surface area contributed by atoms with E-state index in [-0.39, 0.29) is 0 Å². The molecule has 0 saturated heterocycles. The number of hydrogen-bond donors (Lipinski definition) is 0. The maximum absolute atomic E-state index is 3.77. The summed E-state index contributed by atoms with van der Waals surface area (Å²) >= 11 is 0. The number of benzene rings is 2. The van der Waals surface area contributed by atoms with Gasteiger partial charge in [-0.2, -0.15) is 0 Å². The zero-order chi connectivity index (χ0) is 25.4. The van der Waals surface area contributed by atoms with Gasteiger partial charge in [0.1, 0.15) is 0 Å². The van der Waals surface area contributed by atoms with Crippen molar-refractivity contribution in [2.45, 2.75) is 82.1 Å². The van der Waals surface area contributed by atoms with Gasteiger partial charge >= 0.3 is 0 Å². The minimum absolute atomic E-state index is 0.586. The molecule has 0 saturated carbocycles. The van der Waals surface area contributed by atoms with E-state index in [0.29, 0.717) is 5.92 Å². The van der Waals surface area contributed by atoms with E-state index in [2.05, 4.69) is 123 Å². The van der Waals surface area contributed by atoms with Gasteiger partial charge in [0.15, 0.2) is 0 Å². The van der Waals surface area contributed by atoms with Crippen LogP contribution in [0.1, 0.15) is 89.6 Å². The van der Waals surface area contributed by atoms with Gasteiger partial charge in [-0.05, 0) is 79.9 Å². The largest absolute Gasteiger partial charge is 0.0985 e. The molecule has 180 valence electrons. The third-order valence-electron chi connectivity index (χ3n) is 5.24. The van der Waals surface area contributed by atoms with Gasteiger partial charge in [0.05, 0.1) is 0 Å². The van der Waals surface area contributed by atoms with Gasteiger partial charge in [-0.1, -0.05) is 126 Å². The van der Waals surface area contributed by atoms with Crippen LogP contribution in [0.25, 0.3) is 11.6 Å². The fourth-order valence-corrected chi connectivity index (χ4v) is 3.52. The minimum Gasteiger partial charge on any atom is -0.0985 e. The van der Waals surface area contributed by atoms with Crippen molar-refractivity contribution in [3.63, 3.8) is 0 Å². The molecule has 0 nitrogen and oxygen atoms in total. The fraction of sp³-hybridized carbons (Fsp3) is 0.394. The molecule has 0 aliphatic carbocycles. The third kappa shape index (κ3) is 11.7. The highest BCUT2D eigenvalue weighted by Crippen LogP contribution is 2.22. The van der Waals surface area contributed by atoms with Crippen molar-refractivity contribution in [3.05, 3.63) is 106 Å². The molecule has 0 aliphatic heterocycles. The summed E-state index contributed by atoms with van der Waals surface area (Å²) < 4.78 is 0. The Morgan fingerprint density at radius 2 is 1.48 bits per heavy atom.